The molecule has 2 aliphatic heterocycles. The van der Waals surface area contributed by atoms with Crippen LogP contribution in [0, 0.1) is 11.7 Å². The molecular formula is C19H27FN4O2S. The minimum absolute atomic E-state index is 0.00998. The molecule has 3 rings (SSSR count). The molecule has 3 amide bonds. The molecular weight excluding hydrogens is 367 g/mol. The van der Waals surface area contributed by atoms with Gasteiger partial charge in [0, 0.05) is 19.8 Å². The summed E-state index contributed by atoms with van der Waals surface area (Å²) < 4.78 is 14.0. The molecule has 1 aromatic carbocycles. The first-order valence-electron chi connectivity index (χ1n) is 9.35. The van der Waals surface area contributed by atoms with Gasteiger partial charge in [0.2, 0.25) is 5.91 Å². The van der Waals surface area contributed by atoms with Gasteiger partial charge in [-0.1, -0.05) is 38.0 Å². The second kappa shape index (κ2) is 8.58. The summed E-state index contributed by atoms with van der Waals surface area (Å²) in [7, 11) is 3.23. The third-order valence-electron chi connectivity index (χ3n) is 5.25. The number of benzene rings is 1. The Balaban J connectivity index is 1.80. The van der Waals surface area contributed by atoms with Crippen molar-refractivity contribution in [1.82, 2.24) is 20.4 Å². The standard InChI is InChI=1S/C19H27FN4O2S/c1-4-5-10-14-21-16-15(18(25)24(3)19(26)23(16)2)17(22-14)27-11-12-8-6-7-9-13(12)20/h6-9,14-17,21-22H,4-5,10-11H2,1-3H3. The number of nitrogens with one attached hydrogen (secondary N) is 2. The molecule has 2 aliphatic rings. The minimum Gasteiger partial charge on any atom is -0.311 e. The summed E-state index contributed by atoms with van der Waals surface area (Å²) >= 11 is 1.52. The largest absolute Gasteiger partial charge is 0.327 e. The number of nitrogens with zero attached hydrogens (tertiary/aromatic N) is 2. The first-order valence-corrected chi connectivity index (χ1v) is 10.4. The second-order valence-corrected chi connectivity index (χ2v) is 8.24. The van der Waals surface area contributed by atoms with Crippen LogP contribution in [0.15, 0.2) is 24.3 Å². The lowest BCUT2D eigenvalue weighted by molar-refractivity contribution is -0.140. The number of imide groups is 1. The smallest absolute Gasteiger partial charge is 0.311 e. The molecule has 1 aromatic rings. The lowest BCUT2D eigenvalue weighted by Crippen LogP contribution is -2.74. The fraction of sp³-hybridized carbons (Fsp3) is 0.579. The molecule has 2 fully saturated rings. The molecule has 2 N–H and O–H groups in total. The summed E-state index contributed by atoms with van der Waals surface area (Å²) in [5.74, 6) is -0.407. The number of rotatable bonds is 6. The van der Waals surface area contributed by atoms with Crippen LogP contribution in [0.2, 0.25) is 0 Å². The molecule has 2 heterocycles. The van der Waals surface area contributed by atoms with E-state index < -0.39 is 5.92 Å². The number of unbranched alkanes of at least 4 members (excludes halogenated alkanes) is 1. The molecule has 0 spiro atoms. The highest BCUT2D eigenvalue weighted by Gasteiger charge is 2.50. The fourth-order valence-electron chi connectivity index (χ4n) is 3.64. The Morgan fingerprint density at radius 2 is 1.93 bits per heavy atom. The summed E-state index contributed by atoms with van der Waals surface area (Å²) in [4.78, 5) is 28.0. The van der Waals surface area contributed by atoms with E-state index in [1.54, 1.807) is 24.1 Å². The van der Waals surface area contributed by atoms with Crippen molar-refractivity contribution < 1.29 is 14.0 Å². The van der Waals surface area contributed by atoms with Crippen molar-refractivity contribution in [3.05, 3.63) is 35.6 Å². The Kier molecular flexibility index (Phi) is 6.39. The maximum absolute atomic E-state index is 14.0. The topological polar surface area (TPSA) is 64.7 Å². The van der Waals surface area contributed by atoms with Crippen molar-refractivity contribution in [2.75, 3.05) is 14.1 Å². The van der Waals surface area contributed by atoms with E-state index in [9.17, 15) is 14.0 Å². The molecule has 8 heteroatoms. The molecule has 0 aromatic heterocycles. The molecule has 6 nitrogen and oxygen atoms in total. The number of carbonyl (C=O) groups is 2. The van der Waals surface area contributed by atoms with E-state index in [-0.39, 0.29) is 35.5 Å². The first-order chi connectivity index (χ1) is 12.9. The molecule has 0 aliphatic carbocycles. The van der Waals surface area contributed by atoms with Crippen molar-refractivity contribution in [2.24, 2.45) is 5.92 Å². The van der Waals surface area contributed by atoms with Crippen LogP contribution in [0.4, 0.5) is 9.18 Å². The van der Waals surface area contributed by atoms with Crippen molar-refractivity contribution >= 4 is 23.7 Å². The van der Waals surface area contributed by atoms with Gasteiger partial charge in [0.15, 0.2) is 0 Å². The van der Waals surface area contributed by atoms with Crippen LogP contribution in [0.1, 0.15) is 31.7 Å². The highest BCUT2D eigenvalue weighted by Crippen LogP contribution is 2.33. The number of carbonyl (C=O) groups excluding carboxylic acids is 2. The molecule has 0 bridgehead atoms. The monoisotopic (exact) mass is 394 g/mol. The van der Waals surface area contributed by atoms with E-state index in [1.807, 2.05) is 6.07 Å². The maximum Gasteiger partial charge on any atom is 0.327 e. The Labute approximate surface area is 163 Å². The predicted molar refractivity (Wildman–Crippen MR) is 104 cm³/mol. The quantitative estimate of drug-likeness (QED) is 0.776. The summed E-state index contributed by atoms with van der Waals surface area (Å²) in [6, 6.07) is 6.39. The van der Waals surface area contributed by atoms with Gasteiger partial charge >= 0.3 is 6.03 Å². The molecule has 0 radical (unpaired) electrons. The number of amides is 3. The SMILES string of the molecule is CCCCC1NC(SCc2ccccc2F)C2C(=O)N(C)C(=O)N(C)C2N1. The lowest BCUT2D eigenvalue weighted by atomic mass is 9.96. The van der Waals surface area contributed by atoms with Crippen LogP contribution in [-0.2, 0) is 10.5 Å². The van der Waals surface area contributed by atoms with Gasteiger partial charge in [-0.3, -0.25) is 20.3 Å². The van der Waals surface area contributed by atoms with Gasteiger partial charge in [0.05, 0.1) is 23.6 Å². The zero-order valence-corrected chi connectivity index (χ0v) is 16.8. The van der Waals surface area contributed by atoms with Gasteiger partial charge in [-0.15, -0.1) is 11.8 Å². The fourth-order valence-corrected chi connectivity index (χ4v) is 4.96. The number of fused-ring (bicyclic) bond motifs is 1. The average Bonchev–Trinajstić information content (AvgIpc) is 2.68. The van der Waals surface area contributed by atoms with Crippen LogP contribution in [0.5, 0.6) is 0 Å². The van der Waals surface area contributed by atoms with Crippen molar-refractivity contribution in [3.63, 3.8) is 0 Å². The first kappa shape index (κ1) is 20.1. The maximum atomic E-state index is 14.0. The third-order valence-corrected chi connectivity index (χ3v) is 6.51. The predicted octanol–water partition coefficient (Wildman–Crippen LogP) is 2.56. The van der Waals surface area contributed by atoms with E-state index in [2.05, 4.69) is 17.6 Å². The van der Waals surface area contributed by atoms with Crippen LogP contribution >= 0.6 is 11.8 Å². The Bertz CT molecular complexity index is 704. The van der Waals surface area contributed by atoms with Gasteiger partial charge in [0.1, 0.15) is 5.82 Å². The minimum atomic E-state index is -0.424. The summed E-state index contributed by atoms with van der Waals surface area (Å²) in [5, 5.41) is 6.72. The summed E-state index contributed by atoms with van der Waals surface area (Å²) in [6.45, 7) is 2.13. The van der Waals surface area contributed by atoms with Gasteiger partial charge in [-0.25, -0.2) is 9.18 Å². The molecule has 2 saturated heterocycles. The number of thioether (sulfide) groups is 1. The molecule has 148 valence electrons. The van der Waals surface area contributed by atoms with Gasteiger partial charge in [-0.2, -0.15) is 0 Å². The Hall–Kier alpha value is -1.64. The molecule has 27 heavy (non-hydrogen) atoms. The van der Waals surface area contributed by atoms with Crippen molar-refractivity contribution in [3.8, 4) is 0 Å². The second-order valence-electron chi connectivity index (χ2n) is 7.11. The highest BCUT2D eigenvalue weighted by molar-refractivity contribution is 7.99. The van der Waals surface area contributed by atoms with E-state index in [0.717, 1.165) is 19.3 Å². The van der Waals surface area contributed by atoms with Gasteiger partial charge in [-0.05, 0) is 18.1 Å². The number of halogens is 1. The van der Waals surface area contributed by atoms with Crippen LogP contribution < -0.4 is 10.6 Å². The zero-order valence-electron chi connectivity index (χ0n) is 15.9. The van der Waals surface area contributed by atoms with Crippen molar-refractivity contribution in [1.29, 1.82) is 0 Å². The lowest BCUT2D eigenvalue weighted by Gasteiger charge is -2.50. The number of urea groups is 1. The Morgan fingerprint density at radius 1 is 1.19 bits per heavy atom. The Morgan fingerprint density at radius 3 is 2.63 bits per heavy atom. The van der Waals surface area contributed by atoms with Crippen LogP contribution in [-0.4, -0.2) is 53.5 Å². The van der Waals surface area contributed by atoms with E-state index in [4.69, 9.17) is 0 Å². The molecule has 4 atom stereocenters. The van der Waals surface area contributed by atoms with Gasteiger partial charge in [0.25, 0.3) is 0 Å². The van der Waals surface area contributed by atoms with E-state index in [1.165, 1.54) is 29.8 Å². The van der Waals surface area contributed by atoms with Crippen LogP contribution in [0.25, 0.3) is 0 Å². The van der Waals surface area contributed by atoms with Gasteiger partial charge < -0.3 is 4.90 Å². The zero-order chi connectivity index (χ0) is 19.6. The number of hydrogen-bond donors (Lipinski definition) is 2. The van der Waals surface area contributed by atoms with Crippen LogP contribution in [0.3, 0.4) is 0 Å². The molecule has 0 saturated carbocycles. The normalized spacial score (nSPS) is 28.4. The third kappa shape index (κ3) is 4.12. The van der Waals surface area contributed by atoms with Crippen molar-refractivity contribution in [2.45, 2.75) is 49.6 Å². The van der Waals surface area contributed by atoms with E-state index >= 15 is 0 Å². The summed E-state index contributed by atoms with van der Waals surface area (Å²) in [5.41, 5.74) is 0.616. The highest BCUT2D eigenvalue weighted by atomic mass is 32.2. The number of hydrogen-bond acceptors (Lipinski definition) is 5. The molecule has 4 unspecified atom stereocenters. The van der Waals surface area contributed by atoms with E-state index in [0.29, 0.717) is 11.3 Å². The summed E-state index contributed by atoms with van der Waals surface area (Å²) in [6.07, 6.45) is 2.66. The average molecular weight is 395 g/mol.